The first-order valence-corrected chi connectivity index (χ1v) is 9.61. The van der Waals surface area contributed by atoms with E-state index in [4.69, 9.17) is 39.9 Å². The molecular weight excluding hydrogens is 367 g/mol. The predicted octanol–water partition coefficient (Wildman–Crippen LogP) is 3.31. The van der Waals surface area contributed by atoms with Crippen molar-refractivity contribution in [1.29, 1.82) is 0 Å². The van der Waals surface area contributed by atoms with Gasteiger partial charge < -0.3 is 21.2 Å². The number of nitrogens with zero attached hydrogens (tertiary/aromatic N) is 1. The van der Waals surface area contributed by atoms with Gasteiger partial charge in [0.05, 0.1) is 17.3 Å². The Labute approximate surface area is 158 Å². The molecule has 1 aromatic carbocycles. The molecular formula is C16H26Cl2N4OS. The van der Waals surface area contributed by atoms with Crippen molar-refractivity contribution < 1.29 is 5.11 Å². The van der Waals surface area contributed by atoms with E-state index in [1.807, 2.05) is 26.0 Å². The van der Waals surface area contributed by atoms with Gasteiger partial charge in [-0.2, -0.15) is 0 Å². The van der Waals surface area contributed by atoms with E-state index < -0.39 is 0 Å². The van der Waals surface area contributed by atoms with Crippen LogP contribution < -0.4 is 21.9 Å². The Balaban J connectivity index is 0.00000139. The molecule has 0 atom stereocenters. The predicted molar refractivity (Wildman–Crippen MR) is 106 cm³/mol. The Kier molecular flexibility index (Phi) is 9.69. The van der Waals surface area contributed by atoms with Crippen molar-refractivity contribution in [3.05, 3.63) is 39.0 Å². The maximum atomic E-state index is 9.14. The lowest BCUT2D eigenvalue weighted by Gasteiger charge is -2.33. The average molecular weight is 393 g/mol. The molecule has 136 valence electrons. The summed E-state index contributed by atoms with van der Waals surface area (Å²) in [6, 6.07) is 5.59. The number of hydrogen-bond acceptors (Lipinski definition) is 6. The van der Waals surface area contributed by atoms with Gasteiger partial charge in [-0.3, -0.25) is 5.84 Å². The third kappa shape index (κ3) is 6.26. The summed E-state index contributed by atoms with van der Waals surface area (Å²) in [5.41, 5.74) is 9.89. The summed E-state index contributed by atoms with van der Waals surface area (Å²) in [7, 11) is 0. The summed E-state index contributed by atoms with van der Waals surface area (Å²) in [6.45, 7) is 5.63. The smallest absolute Gasteiger partial charge is 0.0889 e. The summed E-state index contributed by atoms with van der Waals surface area (Å²) in [4.78, 5) is 2.27. The van der Waals surface area contributed by atoms with E-state index in [0.29, 0.717) is 26.0 Å². The molecule has 2 rings (SSSR count). The van der Waals surface area contributed by atoms with Gasteiger partial charge in [0.2, 0.25) is 0 Å². The molecule has 0 saturated carbocycles. The SMILES string of the molecule is CC.NN/C(CO)=C(\N)SC1CCN(c2cc(Cl)cc(Cl)c2)CC1. The Morgan fingerprint density at radius 1 is 1.25 bits per heavy atom. The minimum atomic E-state index is -0.185. The van der Waals surface area contributed by atoms with E-state index in [-0.39, 0.29) is 6.61 Å². The van der Waals surface area contributed by atoms with Crippen LogP contribution in [0.25, 0.3) is 0 Å². The number of anilines is 1. The van der Waals surface area contributed by atoms with Gasteiger partial charge in [0.15, 0.2) is 0 Å². The molecule has 6 N–H and O–H groups in total. The van der Waals surface area contributed by atoms with Crippen LogP contribution >= 0.6 is 35.0 Å². The maximum absolute atomic E-state index is 9.14. The number of piperidine rings is 1. The van der Waals surface area contributed by atoms with Crippen molar-refractivity contribution in [3.63, 3.8) is 0 Å². The van der Waals surface area contributed by atoms with Crippen LogP contribution in [0, 0.1) is 0 Å². The van der Waals surface area contributed by atoms with E-state index in [9.17, 15) is 0 Å². The molecule has 1 aliphatic rings. The Morgan fingerprint density at radius 3 is 2.25 bits per heavy atom. The number of nitrogens with two attached hydrogens (primary N) is 2. The molecule has 1 fully saturated rings. The van der Waals surface area contributed by atoms with Gasteiger partial charge in [0.25, 0.3) is 0 Å². The number of benzene rings is 1. The fraction of sp³-hybridized carbons (Fsp3) is 0.500. The number of aliphatic hydroxyl groups is 1. The molecule has 5 nitrogen and oxygen atoms in total. The van der Waals surface area contributed by atoms with E-state index >= 15 is 0 Å². The number of hydrazine groups is 1. The largest absolute Gasteiger partial charge is 0.392 e. The van der Waals surface area contributed by atoms with Gasteiger partial charge in [-0.25, -0.2) is 0 Å². The van der Waals surface area contributed by atoms with Gasteiger partial charge in [0, 0.05) is 34.1 Å². The van der Waals surface area contributed by atoms with E-state index in [2.05, 4.69) is 10.3 Å². The monoisotopic (exact) mass is 392 g/mol. The summed E-state index contributed by atoms with van der Waals surface area (Å²) >= 11 is 13.7. The number of halogens is 2. The van der Waals surface area contributed by atoms with Crippen molar-refractivity contribution in [2.24, 2.45) is 11.6 Å². The van der Waals surface area contributed by atoms with Crippen LogP contribution in [0.4, 0.5) is 5.69 Å². The zero-order valence-electron chi connectivity index (χ0n) is 14.1. The van der Waals surface area contributed by atoms with Crippen molar-refractivity contribution in [2.45, 2.75) is 31.9 Å². The fourth-order valence-electron chi connectivity index (χ4n) is 2.40. The normalized spacial score (nSPS) is 16.2. The minimum absolute atomic E-state index is 0.185. The van der Waals surface area contributed by atoms with Gasteiger partial charge in [-0.15, -0.1) is 11.8 Å². The molecule has 0 bridgehead atoms. The first kappa shape index (κ1) is 21.3. The van der Waals surface area contributed by atoms with Crippen LogP contribution in [-0.4, -0.2) is 30.1 Å². The van der Waals surface area contributed by atoms with Crippen LogP contribution in [0.3, 0.4) is 0 Å². The zero-order chi connectivity index (χ0) is 18.1. The van der Waals surface area contributed by atoms with Gasteiger partial charge in [-0.1, -0.05) is 37.0 Å². The highest BCUT2D eigenvalue weighted by molar-refractivity contribution is 8.03. The van der Waals surface area contributed by atoms with Crippen molar-refractivity contribution in [1.82, 2.24) is 5.43 Å². The summed E-state index contributed by atoms with van der Waals surface area (Å²) in [6.07, 6.45) is 1.97. The second kappa shape index (κ2) is 10.9. The maximum Gasteiger partial charge on any atom is 0.0889 e. The first-order chi connectivity index (χ1) is 11.5. The van der Waals surface area contributed by atoms with E-state index in [1.165, 1.54) is 0 Å². The van der Waals surface area contributed by atoms with Crippen molar-refractivity contribution in [2.75, 3.05) is 24.6 Å². The number of nitrogens with one attached hydrogen (secondary N) is 1. The molecule has 1 aromatic rings. The lowest BCUT2D eigenvalue weighted by molar-refractivity contribution is 0.321. The highest BCUT2D eigenvalue weighted by Crippen LogP contribution is 2.32. The van der Waals surface area contributed by atoms with Crippen LogP contribution in [-0.2, 0) is 0 Å². The third-order valence-electron chi connectivity index (χ3n) is 3.58. The summed E-state index contributed by atoms with van der Waals surface area (Å²) < 4.78 is 0. The standard InChI is InChI=1S/C14H20Cl2N4OS.C2H6/c15-9-5-10(16)7-11(6-9)20-3-1-12(2-4-20)22-14(17)13(8-21)19-18;1-2/h5-7,12,19,21H,1-4,8,17-18H2;1-2H3/b14-13+;. The second-order valence-corrected chi connectivity index (χ2v) is 7.29. The number of aliphatic hydroxyl groups excluding tert-OH is 1. The van der Waals surface area contributed by atoms with Crippen LogP contribution in [0.5, 0.6) is 0 Å². The average Bonchev–Trinajstić information content (AvgIpc) is 2.57. The van der Waals surface area contributed by atoms with E-state index in [1.54, 1.807) is 17.8 Å². The number of hydrogen-bond donors (Lipinski definition) is 4. The molecule has 0 radical (unpaired) electrons. The van der Waals surface area contributed by atoms with Crippen LogP contribution in [0.15, 0.2) is 28.9 Å². The van der Waals surface area contributed by atoms with Crippen molar-refractivity contribution >= 4 is 40.7 Å². The van der Waals surface area contributed by atoms with E-state index in [0.717, 1.165) is 31.6 Å². The van der Waals surface area contributed by atoms with Gasteiger partial charge in [-0.05, 0) is 31.0 Å². The Bertz CT molecular complexity index is 523. The summed E-state index contributed by atoms with van der Waals surface area (Å²) in [5.74, 6) is 5.32. The highest BCUT2D eigenvalue weighted by Gasteiger charge is 2.21. The second-order valence-electron chi connectivity index (χ2n) is 5.08. The highest BCUT2D eigenvalue weighted by atomic mass is 35.5. The molecule has 1 aliphatic heterocycles. The first-order valence-electron chi connectivity index (χ1n) is 7.97. The fourth-order valence-corrected chi connectivity index (χ4v) is 3.98. The molecule has 0 unspecified atom stereocenters. The lowest BCUT2D eigenvalue weighted by atomic mass is 10.1. The van der Waals surface area contributed by atoms with Gasteiger partial charge >= 0.3 is 0 Å². The Hall–Kier alpha value is -0.790. The molecule has 8 heteroatoms. The zero-order valence-corrected chi connectivity index (χ0v) is 16.4. The molecule has 24 heavy (non-hydrogen) atoms. The lowest BCUT2D eigenvalue weighted by Crippen LogP contribution is -2.35. The quantitative estimate of drug-likeness (QED) is 0.454. The number of thioether (sulfide) groups is 1. The third-order valence-corrected chi connectivity index (χ3v) is 5.32. The topological polar surface area (TPSA) is 87.5 Å². The molecule has 0 spiro atoms. The number of rotatable bonds is 5. The summed E-state index contributed by atoms with van der Waals surface area (Å²) in [5, 5.41) is 11.4. The molecule has 1 heterocycles. The molecule has 0 aromatic heterocycles. The minimum Gasteiger partial charge on any atom is -0.392 e. The molecule has 1 saturated heterocycles. The van der Waals surface area contributed by atoms with Crippen LogP contribution in [0.2, 0.25) is 10.0 Å². The Morgan fingerprint density at radius 2 is 1.79 bits per heavy atom. The van der Waals surface area contributed by atoms with Crippen LogP contribution in [0.1, 0.15) is 26.7 Å². The van der Waals surface area contributed by atoms with Gasteiger partial charge in [0.1, 0.15) is 0 Å². The molecule has 0 aliphatic carbocycles. The van der Waals surface area contributed by atoms with Crippen molar-refractivity contribution in [3.8, 4) is 0 Å². The molecule has 0 amide bonds.